The number of benzene rings is 1. The van der Waals surface area contributed by atoms with E-state index in [-0.39, 0.29) is 17.9 Å². The lowest BCUT2D eigenvalue weighted by atomic mass is 9.96. The van der Waals surface area contributed by atoms with Crippen LogP contribution in [0.25, 0.3) is 5.65 Å². The molecule has 2 aromatic heterocycles. The first-order chi connectivity index (χ1) is 19.4. The second-order valence-electron chi connectivity index (χ2n) is 10.8. The van der Waals surface area contributed by atoms with Crippen LogP contribution in [-0.4, -0.2) is 75.2 Å². The fraction of sp³-hybridized carbons (Fsp3) is 0.481. The molecular weight excluding hydrogens is 530 g/mol. The lowest BCUT2D eigenvalue weighted by Gasteiger charge is -2.43. The van der Waals surface area contributed by atoms with Gasteiger partial charge in [0, 0.05) is 51.2 Å². The monoisotopic (exact) mass is 559 g/mol. The number of nitrogens with one attached hydrogen (secondary N) is 3. The van der Waals surface area contributed by atoms with Crippen molar-refractivity contribution in [2.45, 2.75) is 44.7 Å². The number of hydrogen-bond donors (Lipinski definition) is 3. The number of nitriles is 2. The van der Waals surface area contributed by atoms with E-state index in [0.29, 0.717) is 51.8 Å². The highest BCUT2D eigenvalue weighted by molar-refractivity contribution is 6.36. The summed E-state index contributed by atoms with van der Waals surface area (Å²) in [4.78, 5) is 25.6. The van der Waals surface area contributed by atoms with Crippen LogP contribution in [-0.2, 0) is 4.79 Å². The van der Waals surface area contributed by atoms with Gasteiger partial charge in [-0.1, -0.05) is 11.6 Å². The molecule has 0 unspecified atom stereocenters. The van der Waals surface area contributed by atoms with Gasteiger partial charge in [-0.3, -0.25) is 9.69 Å². The van der Waals surface area contributed by atoms with Gasteiger partial charge in [-0.2, -0.15) is 30.1 Å². The van der Waals surface area contributed by atoms with E-state index in [1.165, 1.54) is 10.7 Å². The van der Waals surface area contributed by atoms with Gasteiger partial charge in [0.1, 0.15) is 11.6 Å². The molecule has 2 atom stereocenters. The van der Waals surface area contributed by atoms with E-state index < -0.39 is 0 Å². The Bertz CT molecular complexity index is 1540. The lowest BCUT2D eigenvalue weighted by Crippen LogP contribution is -2.53. The number of carbonyl (C=O) groups is 1. The van der Waals surface area contributed by atoms with E-state index in [9.17, 15) is 15.3 Å². The Labute approximate surface area is 236 Å². The Morgan fingerprint density at radius 2 is 2.02 bits per heavy atom. The zero-order valence-corrected chi connectivity index (χ0v) is 22.9. The Balaban J connectivity index is 1.25. The molecule has 1 amide bonds. The molecule has 40 heavy (non-hydrogen) atoms. The second-order valence-corrected chi connectivity index (χ2v) is 11.2. The van der Waals surface area contributed by atoms with Gasteiger partial charge in [0.05, 0.1) is 34.2 Å². The number of piperazine rings is 1. The van der Waals surface area contributed by atoms with Gasteiger partial charge in [0.15, 0.2) is 5.65 Å². The van der Waals surface area contributed by atoms with Crippen molar-refractivity contribution < 1.29 is 4.79 Å². The Hall–Kier alpha value is -4.13. The van der Waals surface area contributed by atoms with Crippen LogP contribution in [0.4, 0.5) is 23.3 Å². The zero-order chi connectivity index (χ0) is 27.8. The lowest BCUT2D eigenvalue weighted by molar-refractivity contribution is -0.123. The maximum Gasteiger partial charge on any atom is 0.232 e. The van der Waals surface area contributed by atoms with Crippen LogP contribution >= 0.6 is 11.6 Å². The number of aromatic nitrogens is 4. The minimum absolute atomic E-state index is 0.138. The molecule has 3 aliphatic rings. The summed E-state index contributed by atoms with van der Waals surface area (Å²) in [5.74, 6) is 1.26. The number of anilines is 4. The molecule has 1 saturated carbocycles. The highest BCUT2D eigenvalue weighted by atomic mass is 35.5. The molecule has 1 aliphatic carbocycles. The highest BCUT2D eigenvalue weighted by Crippen LogP contribution is 2.38. The fourth-order valence-corrected chi connectivity index (χ4v) is 5.80. The third-order valence-electron chi connectivity index (χ3n) is 7.71. The fourth-order valence-electron chi connectivity index (χ4n) is 5.54. The zero-order valence-electron chi connectivity index (χ0n) is 22.2. The number of halogens is 1. The largest absolute Gasteiger partial charge is 0.365 e. The molecule has 2 aliphatic heterocycles. The molecule has 12 nitrogen and oxygen atoms in total. The first-order valence-electron chi connectivity index (χ1n) is 13.6. The molecule has 0 radical (unpaired) electrons. The molecule has 3 N–H and O–H groups in total. The normalized spacial score (nSPS) is 21.5. The molecule has 3 fully saturated rings. The number of rotatable bonds is 7. The van der Waals surface area contributed by atoms with E-state index >= 15 is 0 Å². The quantitative estimate of drug-likeness (QED) is 0.394. The molecule has 13 heteroatoms. The Kier molecular flexibility index (Phi) is 7.05. The smallest absolute Gasteiger partial charge is 0.232 e. The molecule has 1 aromatic carbocycles. The number of carbonyl (C=O) groups excluding carboxylic acids is 1. The number of nitrogens with zero attached hydrogens (tertiary/aromatic N) is 8. The van der Waals surface area contributed by atoms with E-state index in [1.807, 2.05) is 6.07 Å². The summed E-state index contributed by atoms with van der Waals surface area (Å²) in [7, 11) is 0. The van der Waals surface area contributed by atoms with Crippen molar-refractivity contribution in [3.8, 4) is 12.1 Å². The highest BCUT2D eigenvalue weighted by Gasteiger charge is 2.30. The number of hydrogen-bond acceptors (Lipinski definition) is 10. The van der Waals surface area contributed by atoms with Gasteiger partial charge in [-0.25, -0.2) is 0 Å². The first kappa shape index (κ1) is 26.1. The summed E-state index contributed by atoms with van der Waals surface area (Å²) in [5.41, 5.74) is 2.47. The molecule has 2 saturated heterocycles. The van der Waals surface area contributed by atoms with Crippen LogP contribution in [0.5, 0.6) is 0 Å². The van der Waals surface area contributed by atoms with Gasteiger partial charge in [0.25, 0.3) is 0 Å². The predicted molar refractivity (Wildman–Crippen MR) is 151 cm³/mol. The minimum Gasteiger partial charge on any atom is -0.365 e. The van der Waals surface area contributed by atoms with Crippen LogP contribution in [0, 0.1) is 28.6 Å². The van der Waals surface area contributed by atoms with E-state index in [4.69, 9.17) is 11.6 Å². The van der Waals surface area contributed by atoms with Crippen molar-refractivity contribution in [3.63, 3.8) is 0 Å². The van der Waals surface area contributed by atoms with E-state index in [2.05, 4.69) is 59.9 Å². The minimum atomic E-state index is 0.138. The maximum atomic E-state index is 11.8. The van der Waals surface area contributed by atoms with Crippen molar-refractivity contribution in [3.05, 3.63) is 34.5 Å². The molecule has 206 valence electrons. The van der Waals surface area contributed by atoms with E-state index in [0.717, 1.165) is 57.7 Å². The van der Waals surface area contributed by atoms with Crippen LogP contribution in [0.3, 0.4) is 0 Å². The maximum absolute atomic E-state index is 11.8. The number of amides is 1. The van der Waals surface area contributed by atoms with Crippen molar-refractivity contribution in [1.82, 2.24) is 29.8 Å². The van der Waals surface area contributed by atoms with Crippen molar-refractivity contribution >= 4 is 46.4 Å². The van der Waals surface area contributed by atoms with Crippen LogP contribution in [0.1, 0.15) is 43.7 Å². The predicted octanol–water partition coefficient (Wildman–Crippen LogP) is 2.88. The third-order valence-corrected chi connectivity index (χ3v) is 8.11. The summed E-state index contributed by atoms with van der Waals surface area (Å²) >= 11 is 6.97. The molecule has 6 rings (SSSR count). The summed E-state index contributed by atoms with van der Waals surface area (Å²) in [5, 5.41) is 33.6. The van der Waals surface area contributed by atoms with Crippen LogP contribution in [0.15, 0.2) is 18.3 Å². The summed E-state index contributed by atoms with van der Waals surface area (Å²) < 4.78 is 1.53. The van der Waals surface area contributed by atoms with Crippen LogP contribution < -0.4 is 20.9 Å². The van der Waals surface area contributed by atoms with Crippen LogP contribution in [0.2, 0.25) is 5.02 Å². The number of piperidine rings is 1. The van der Waals surface area contributed by atoms with Crippen molar-refractivity contribution in [2.75, 3.05) is 48.3 Å². The molecule has 0 spiro atoms. The van der Waals surface area contributed by atoms with Gasteiger partial charge in [-0.15, -0.1) is 0 Å². The SMILES string of the molecule is C[C@H]1CN(C[C@H]2CCNC(=O)C2)CCN1c1cc(C#N)cc(Nc2nc(NC3CC3)n3ncc(C#N)c3n2)c1Cl. The molecule has 3 aromatic rings. The molecular formula is C27H30ClN11O. The second kappa shape index (κ2) is 10.8. The number of fused-ring (bicyclic) bond motifs is 1. The Morgan fingerprint density at radius 1 is 1.18 bits per heavy atom. The first-order valence-corrected chi connectivity index (χ1v) is 14.0. The average Bonchev–Trinajstić information content (AvgIpc) is 3.66. The van der Waals surface area contributed by atoms with Gasteiger partial charge in [-0.05, 0) is 44.2 Å². The average molecular weight is 560 g/mol. The molecule has 0 bridgehead atoms. The summed E-state index contributed by atoms with van der Waals surface area (Å²) in [6.07, 6.45) is 5.15. The van der Waals surface area contributed by atoms with Gasteiger partial charge in [0.2, 0.25) is 17.8 Å². The third kappa shape index (κ3) is 5.33. The topological polar surface area (TPSA) is 150 Å². The van der Waals surface area contributed by atoms with Crippen molar-refractivity contribution in [2.24, 2.45) is 5.92 Å². The van der Waals surface area contributed by atoms with Crippen molar-refractivity contribution in [1.29, 1.82) is 10.5 Å². The van der Waals surface area contributed by atoms with Gasteiger partial charge < -0.3 is 20.9 Å². The molecule has 4 heterocycles. The van der Waals surface area contributed by atoms with E-state index in [1.54, 1.807) is 6.07 Å². The summed E-state index contributed by atoms with van der Waals surface area (Å²) in [6, 6.07) is 8.34. The van der Waals surface area contributed by atoms with Gasteiger partial charge >= 0.3 is 0 Å². The Morgan fingerprint density at radius 3 is 2.75 bits per heavy atom. The summed E-state index contributed by atoms with van der Waals surface area (Å²) in [6.45, 7) is 6.22. The standard InChI is InChI=1S/C27H30ClN11O/c1-16-14-37(15-17-4-5-31-23(40)10-17)6-7-38(16)22-9-18(11-29)8-21(24(22)28)34-26-35-25-19(12-30)13-32-39(25)27(36-26)33-20-2-3-20/h8-9,13,16-17,20H,2-7,10,14-15H2,1H3,(H,31,40)(H2,33,34,35,36)/t16-,17-/m0/s1.